The minimum absolute atomic E-state index is 0.305. The number of carbonyl (C=O) groups excluding carboxylic acids is 1. The molecule has 4 N–H and O–H groups in total. The number of benzene rings is 2. The number of hydrogen-bond acceptors (Lipinski definition) is 3. The quantitative estimate of drug-likeness (QED) is 0.279. The molecule has 164 valence electrons. The van der Waals surface area contributed by atoms with E-state index in [4.69, 9.17) is 5.73 Å². The molecule has 0 aliphatic carbocycles. The minimum Gasteiger partial charge on any atom is -0.369 e. The highest BCUT2D eigenvalue weighted by atomic mass is 19.1. The molecule has 1 aromatic heterocycles. The van der Waals surface area contributed by atoms with Gasteiger partial charge in [-0.3, -0.25) is 9.79 Å². The molecular weight excluding hydrogens is 395 g/mol. The Bertz CT molecular complexity index is 1040. The maximum atomic E-state index is 13.1. The molecule has 0 radical (unpaired) electrons. The SMILES string of the molecule is CN=C(NCCCn1c(C)nc2ccccc21)NCC(Cc1ccc(F)cc1)C(N)=O. The van der Waals surface area contributed by atoms with Crippen LogP contribution in [0.5, 0.6) is 0 Å². The second-order valence-electron chi connectivity index (χ2n) is 7.46. The Hall–Kier alpha value is -3.42. The Kier molecular flexibility index (Phi) is 7.59. The van der Waals surface area contributed by atoms with E-state index in [9.17, 15) is 9.18 Å². The summed E-state index contributed by atoms with van der Waals surface area (Å²) >= 11 is 0. The molecule has 3 rings (SSSR count). The van der Waals surface area contributed by atoms with Crippen molar-refractivity contribution in [3.05, 3.63) is 65.7 Å². The van der Waals surface area contributed by atoms with Crippen molar-refractivity contribution < 1.29 is 9.18 Å². The number of aryl methyl sites for hydroxylation is 2. The number of aliphatic imine (C=N–C) groups is 1. The van der Waals surface area contributed by atoms with Crippen molar-refractivity contribution in [1.82, 2.24) is 20.2 Å². The van der Waals surface area contributed by atoms with E-state index in [-0.39, 0.29) is 5.82 Å². The Morgan fingerprint density at radius 1 is 1.19 bits per heavy atom. The van der Waals surface area contributed by atoms with Gasteiger partial charge in [0, 0.05) is 26.7 Å². The zero-order valence-electron chi connectivity index (χ0n) is 17.9. The van der Waals surface area contributed by atoms with Gasteiger partial charge in [-0.05, 0) is 49.6 Å². The molecule has 1 unspecified atom stereocenters. The molecule has 0 bridgehead atoms. The monoisotopic (exact) mass is 424 g/mol. The van der Waals surface area contributed by atoms with Gasteiger partial charge in [-0.15, -0.1) is 0 Å². The molecule has 0 saturated carbocycles. The first-order valence-corrected chi connectivity index (χ1v) is 10.4. The van der Waals surface area contributed by atoms with Gasteiger partial charge in [-0.25, -0.2) is 9.37 Å². The van der Waals surface area contributed by atoms with Gasteiger partial charge in [-0.2, -0.15) is 0 Å². The number of para-hydroxylation sites is 2. The third-order valence-electron chi connectivity index (χ3n) is 5.23. The van der Waals surface area contributed by atoms with E-state index in [2.05, 4.69) is 31.2 Å². The summed E-state index contributed by atoms with van der Waals surface area (Å²) in [5.74, 6) is 0.464. The number of rotatable bonds is 9. The summed E-state index contributed by atoms with van der Waals surface area (Å²) in [5, 5.41) is 6.43. The van der Waals surface area contributed by atoms with Crippen molar-refractivity contribution in [2.24, 2.45) is 16.6 Å². The number of guanidine groups is 1. The maximum absolute atomic E-state index is 13.1. The summed E-state index contributed by atoms with van der Waals surface area (Å²) in [6.45, 7) is 3.91. The smallest absolute Gasteiger partial charge is 0.222 e. The molecule has 7 nitrogen and oxygen atoms in total. The molecule has 0 aliphatic heterocycles. The number of nitrogens with one attached hydrogen (secondary N) is 2. The van der Waals surface area contributed by atoms with Crippen LogP contribution in [0.25, 0.3) is 11.0 Å². The van der Waals surface area contributed by atoms with Crippen LogP contribution in [-0.2, 0) is 17.8 Å². The number of nitrogens with zero attached hydrogens (tertiary/aromatic N) is 3. The van der Waals surface area contributed by atoms with E-state index in [1.165, 1.54) is 12.1 Å². The number of aromatic nitrogens is 2. The second kappa shape index (κ2) is 10.6. The summed E-state index contributed by atoms with van der Waals surface area (Å²) in [7, 11) is 1.68. The number of imidazole rings is 1. The fourth-order valence-electron chi connectivity index (χ4n) is 3.54. The number of hydrogen-bond donors (Lipinski definition) is 3. The van der Waals surface area contributed by atoms with Crippen LogP contribution >= 0.6 is 0 Å². The molecule has 1 atom stereocenters. The van der Waals surface area contributed by atoms with Crippen LogP contribution in [0, 0.1) is 18.7 Å². The predicted molar refractivity (Wildman–Crippen MR) is 121 cm³/mol. The number of nitrogens with two attached hydrogens (primary N) is 1. The number of amides is 1. The topological polar surface area (TPSA) is 97.3 Å². The van der Waals surface area contributed by atoms with Crippen LogP contribution < -0.4 is 16.4 Å². The van der Waals surface area contributed by atoms with Crippen LogP contribution in [0.4, 0.5) is 4.39 Å². The van der Waals surface area contributed by atoms with Crippen molar-refractivity contribution in [3.63, 3.8) is 0 Å². The third kappa shape index (κ3) is 6.04. The van der Waals surface area contributed by atoms with Crippen molar-refractivity contribution in [3.8, 4) is 0 Å². The zero-order valence-corrected chi connectivity index (χ0v) is 17.9. The van der Waals surface area contributed by atoms with E-state index in [1.54, 1.807) is 19.2 Å². The Morgan fingerprint density at radius 3 is 2.65 bits per heavy atom. The lowest BCUT2D eigenvalue weighted by molar-refractivity contribution is -0.121. The Morgan fingerprint density at radius 2 is 1.94 bits per heavy atom. The van der Waals surface area contributed by atoms with E-state index in [0.29, 0.717) is 25.5 Å². The molecule has 0 fully saturated rings. The van der Waals surface area contributed by atoms with E-state index >= 15 is 0 Å². The highest BCUT2D eigenvalue weighted by molar-refractivity contribution is 5.81. The average Bonchev–Trinajstić information content (AvgIpc) is 3.08. The number of fused-ring (bicyclic) bond motifs is 1. The van der Waals surface area contributed by atoms with Crippen molar-refractivity contribution >= 4 is 22.9 Å². The van der Waals surface area contributed by atoms with Crippen LogP contribution in [0.1, 0.15) is 17.8 Å². The Labute approximate surface area is 181 Å². The summed E-state index contributed by atoms with van der Waals surface area (Å²) < 4.78 is 15.3. The lowest BCUT2D eigenvalue weighted by atomic mass is 9.98. The first kappa shape index (κ1) is 22.3. The van der Waals surface area contributed by atoms with Gasteiger partial charge in [0.2, 0.25) is 5.91 Å². The summed E-state index contributed by atoms with van der Waals surface area (Å²) in [6, 6.07) is 14.2. The standard InChI is InChI=1S/C23H29FN6O/c1-16-29-20-6-3-4-7-21(20)30(16)13-5-12-27-23(26-2)28-15-18(22(25)31)14-17-8-10-19(24)11-9-17/h3-4,6-11,18H,5,12-15H2,1-2H3,(H2,25,31)(H2,26,27,28). The molecule has 0 spiro atoms. The fraction of sp³-hybridized carbons (Fsp3) is 0.348. The summed E-state index contributed by atoms with van der Waals surface area (Å²) in [5.41, 5.74) is 8.55. The molecule has 1 heterocycles. The normalized spacial score (nSPS) is 12.7. The van der Waals surface area contributed by atoms with Crippen LogP contribution in [0.2, 0.25) is 0 Å². The molecule has 1 amide bonds. The average molecular weight is 425 g/mol. The van der Waals surface area contributed by atoms with Gasteiger partial charge < -0.3 is 20.9 Å². The minimum atomic E-state index is -0.427. The lowest BCUT2D eigenvalue weighted by Gasteiger charge is -2.17. The first-order valence-electron chi connectivity index (χ1n) is 10.4. The van der Waals surface area contributed by atoms with E-state index in [1.807, 2.05) is 25.1 Å². The van der Waals surface area contributed by atoms with Crippen molar-refractivity contribution in [1.29, 1.82) is 0 Å². The highest BCUT2D eigenvalue weighted by Gasteiger charge is 2.17. The van der Waals surface area contributed by atoms with E-state index in [0.717, 1.165) is 35.4 Å². The van der Waals surface area contributed by atoms with Gasteiger partial charge >= 0.3 is 0 Å². The Balaban J connectivity index is 1.47. The summed E-state index contributed by atoms with van der Waals surface area (Å²) in [6.07, 6.45) is 1.32. The van der Waals surface area contributed by atoms with E-state index < -0.39 is 11.8 Å². The molecule has 31 heavy (non-hydrogen) atoms. The zero-order chi connectivity index (χ0) is 22.2. The van der Waals surface area contributed by atoms with Gasteiger partial charge in [-0.1, -0.05) is 24.3 Å². The molecular formula is C23H29FN6O. The molecule has 2 aromatic carbocycles. The van der Waals surface area contributed by atoms with Crippen molar-refractivity contribution in [2.45, 2.75) is 26.3 Å². The maximum Gasteiger partial charge on any atom is 0.222 e. The highest BCUT2D eigenvalue weighted by Crippen LogP contribution is 2.15. The largest absolute Gasteiger partial charge is 0.369 e. The van der Waals surface area contributed by atoms with Gasteiger partial charge in [0.25, 0.3) is 0 Å². The number of primary amides is 1. The van der Waals surface area contributed by atoms with Crippen molar-refractivity contribution in [2.75, 3.05) is 20.1 Å². The summed E-state index contributed by atoms with van der Waals surface area (Å²) in [4.78, 5) is 20.6. The van der Waals surface area contributed by atoms with Gasteiger partial charge in [0.05, 0.1) is 17.0 Å². The van der Waals surface area contributed by atoms with Crippen LogP contribution in [-0.4, -0.2) is 41.6 Å². The fourth-order valence-corrected chi connectivity index (χ4v) is 3.54. The lowest BCUT2D eigenvalue weighted by Crippen LogP contribution is -2.43. The van der Waals surface area contributed by atoms with Crippen LogP contribution in [0.3, 0.4) is 0 Å². The number of halogens is 1. The van der Waals surface area contributed by atoms with Crippen LogP contribution in [0.15, 0.2) is 53.5 Å². The first-order chi connectivity index (χ1) is 15.0. The third-order valence-corrected chi connectivity index (χ3v) is 5.23. The van der Waals surface area contributed by atoms with Gasteiger partial charge in [0.1, 0.15) is 11.6 Å². The molecule has 0 aliphatic rings. The molecule has 0 saturated heterocycles. The number of carbonyl (C=O) groups is 1. The second-order valence-corrected chi connectivity index (χ2v) is 7.46. The van der Waals surface area contributed by atoms with Gasteiger partial charge in [0.15, 0.2) is 5.96 Å². The predicted octanol–water partition coefficient (Wildman–Crippen LogP) is 2.38. The molecule has 3 aromatic rings. The molecule has 8 heteroatoms.